The molecule has 168 valence electrons. The molecule has 1 aliphatic heterocycles. The highest BCUT2D eigenvalue weighted by Crippen LogP contribution is 2.42. The number of aromatic nitrogens is 1. The standard InChI is InChI=1S/C27H20N2O4S/c1-17-8-5-14-22(28-17)29-24(23(26(31)27(29)32)25(30)21-13-7-15-34-21)18-9-6-12-20(16-18)33-19-10-3-2-4-11-19/h2-16,24,31H,1H3. The minimum Gasteiger partial charge on any atom is -0.503 e. The molecular formula is C27H20N2O4S. The second-order valence-electron chi connectivity index (χ2n) is 7.77. The van der Waals surface area contributed by atoms with Gasteiger partial charge in [-0.05, 0) is 60.3 Å². The zero-order valence-electron chi connectivity index (χ0n) is 18.2. The number of hydrogen-bond acceptors (Lipinski definition) is 6. The van der Waals surface area contributed by atoms with E-state index in [-0.39, 0.29) is 5.57 Å². The quantitative estimate of drug-likeness (QED) is 0.350. The van der Waals surface area contributed by atoms with Gasteiger partial charge in [0, 0.05) is 5.69 Å². The zero-order chi connectivity index (χ0) is 23.7. The Morgan fingerprint density at radius 1 is 0.971 bits per heavy atom. The molecule has 1 unspecified atom stereocenters. The largest absolute Gasteiger partial charge is 0.503 e. The van der Waals surface area contributed by atoms with Gasteiger partial charge in [-0.1, -0.05) is 42.5 Å². The molecule has 2 aromatic heterocycles. The van der Waals surface area contributed by atoms with E-state index < -0.39 is 23.5 Å². The van der Waals surface area contributed by atoms with E-state index in [2.05, 4.69) is 4.98 Å². The summed E-state index contributed by atoms with van der Waals surface area (Å²) in [4.78, 5) is 33.0. The molecule has 0 fully saturated rings. The molecule has 5 rings (SSSR count). The lowest BCUT2D eigenvalue weighted by Crippen LogP contribution is -2.31. The maximum Gasteiger partial charge on any atom is 0.295 e. The van der Waals surface area contributed by atoms with E-state index in [9.17, 15) is 14.7 Å². The smallest absolute Gasteiger partial charge is 0.295 e. The van der Waals surface area contributed by atoms with Crippen LogP contribution in [0.25, 0.3) is 0 Å². The number of thiophene rings is 1. The van der Waals surface area contributed by atoms with Gasteiger partial charge in [-0.25, -0.2) is 4.98 Å². The number of carbonyl (C=O) groups excluding carboxylic acids is 2. The van der Waals surface area contributed by atoms with Crippen molar-refractivity contribution in [3.63, 3.8) is 0 Å². The Bertz CT molecular complexity index is 1400. The predicted octanol–water partition coefficient (Wildman–Crippen LogP) is 6.03. The summed E-state index contributed by atoms with van der Waals surface area (Å²) in [5.74, 6) is -0.0750. The molecule has 2 aromatic carbocycles. The van der Waals surface area contributed by atoms with Crippen molar-refractivity contribution in [3.05, 3.63) is 118 Å². The highest BCUT2D eigenvalue weighted by Gasteiger charge is 2.45. The first-order chi connectivity index (χ1) is 16.5. The molecule has 34 heavy (non-hydrogen) atoms. The Labute approximate surface area is 200 Å². The van der Waals surface area contributed by atoms with Crippen molar-refractivity contribution in [3.8, 4) is 11.5 Å². The fraction of sp³-hybridized carbons (Fsp3) is 0.0741. The summed E-state index contributed by atoms with van der Waals surface area (Å²) in [5.41, 5.74) is 1.35. The molecule has 0 aliphatic carbocycles. The number of Topliss-reactive ketones (excluding diaryl/α,β-unsaturated/α-hetero) is 1. The predicted molar refractivity (Wildman–Crippen MR) is 130 cm³/mol. The van der Waals surface area contributed by atoms with Crippen molar-refractivity contribution in [2.24, 2.45) is 0 Å². The van der Waals surface area contributed by atoms with E-state index in [4.69, 9.17) is 4.74 Å². The second kappa shape index (κ2) is 8.96. The molecule has 1 atom stereocenters. The van der Waals surface area contributed by atoms with E-state index in [1.165, 1.54) is 16.2 Å². The summed E-state index contributed by atoms with van der Waals surface area (Å²) in [6, 6.07) is 24.4. The van der Waals surface area contributed by atoms with Crippen molar-refractivity contribution in [1.82, 2.24) is 4.98 Å². The van der Waals surface area contributed by atoms with Crippen molar-refractivity contribution >= 4 is 28.8 Å². The first kappa shape index (κ1) is 21.6. The molecule has 0 bridgehead atoms. The van der Waals surface area contributed by atoms with Crippen molar-refractivity contribution in [2.75, 3.05) is 4.90 Å². The van der Waals surface area contributed by atoms with Gasteiger partial charge in [0.25, 0.3) is 5.91 Å². The third kappa shape index (κ3) is 3.97. The molecule has 0 saturated heterocycles. The average molecular weight is 469 g/mol. The molecular weight excluding hydrogens is 448 g/mol. The van der Waals surface area contributed by atoms with Crippen LogP contribution in [0.4, 0.5) is 5.82 Å². The molecule has 6 nitrogen and oxygen atoms in total. The van der Waals surface area contributed by atoms with Gasteiger partial charge < -0.3 is 9.84 Å². The summed E-state index contributed by atoms with van der Waals surface area (Å²) in [6.45, 7) is 1.82. The molecule has 1 amide bonds. The van der Waals surface area contributed by atoms with Gasteiger partial charge in [0.2, 0.25) is 5.78 Å². The topological polar surface area (TPSA) is 79.7 Å². The summed E-state index contributed by atoms with van der Waals surface area (Å²) in [6.07, 6.45) is 0. The number of para-hydroxylation sites is 1. The van der Waals surface area contributed by atoms with Gasteiger partial charge in [0.05, 0.1) is 16.5 Å². The number of benzene rings is 2. The highest BCUT2D eigenvalue weighted by molar-refractivity contribution is 7.12. The van der Waals surface area contributed by atoms with Gasteiger partial charge in [-0.3, -0.25) is 14.5 Å². The van der Waals surface area contributed by atoms with Crippen molar-refractivity contribution < 1.29 is 19.4 Å². The van der Waals surface area contributed by atoms with Crippen LogP contribution in [0.2, 0.25) is 0 Å². The molecule has 3 heterocycles. The number of pyridine rings is 1. The lowest BCUT2D eigenvalue weighted by molar-refractivity contribution is -0.117. The van der Waals surface area contributed by atoms with E-state index in [1.807, 2.05) is 43.3 Å². The number of ketones is 1. The van der Waals surface area contributed by atoms with Crippen LogP contribution >= 0.6 is 11.3 Å². The molecule has 4 aromatic rings. The van der Waals surface area contributed by atoms with E-state index in [1.54, 1.807) is 53.9 Å². The second-order valence-corrected chi connectivity index (χ2v) is 8.72. The van der Waals surface area contributed by atoms with Gasteiger partial charge in [-0.2, -0.15) is 0 Å². The van der Waals surface area contributed by atoms with Gasteiger partial charge in [-0.15, -0.1) is 11.3 Å². The monoisotopic (exact) mass is 468 g/mol. The summed E-state index contributed by atoms with van der Waals surface area (Å²) >= 11 is 1.26. The average Bonchev–Trinajstić information content (AvgIpc) is 3.47. The number of nitrogens with zero attached hydrogens (tertiary/aromatic N) is 2. The number of anilines is 1. The van der Waals surface area contributed by atoms with Gasteiger partial charge in [0.15, 0.2) is 5.76 Å². The van der Waals surface area contributed by atoms with Crippen molar-refractivity contribution in [2.45, 2.75) is 13.0 Å². The maximum atomic E-state index is 13.4. The minimum atomic E-state index is -0.865. The zero-order valence-corrected chi connectivity index (χ0v) is 19.0. The van der Waals surface area contributed by atoms with Crippen LogP contribution in [0, 0.1) is 6.92 Å². The van der Waals surface area contributed by atoms with E-state index >= 15 is 0 Å². The van der Waals surface area contributed by atoms with Crippen LogP contribution in [0.3, 0.4) is 0 Å². The lowest BCUT2D eigenvalue weighted by Gasteiger charge is -2.26. The van der Waals surface area contributed by atoms with Crippen molar-refractivity contribution in [1.29, 1.82) is 0 Å². The lowest BCUT2D eigenvalue weighted by atomic mass is 9.95. The SMILES string of the molecule is Cc1cccc(N2C(=O)C(O)=C(C(=O)c3cccs3)C2c2cccc(Oc3ccccc3)c2)n1. The van der Waals surface area contributed by atoms with Crippen LogP contribution in [0.15, 0.2) is 102 Å². The Balaban J connectivity index is 1.62. The summed E-state index contributed by atoms with van der Waals surface area (Å²) in [7, 11) is 0. The number of rotatable bonds is 6. The number of amides is 1. The van der Waals surface area contributed by atoms with E-state index in [0.29, 0.717) is 33.5 Å². The fourth-order valence-corrected chi connectivity index (χ4v) is 4.64. The van der Waals surface area contributed by atoms with Gasteiger partial charge in [0.1, 0.15) is 17.3 Å². The maximum absolute atomic E-state index is 13.4. The first-order valence-corrected chi connectivity index (χ1v) is 11.5. The number of aliphatic hydroxyl groups is 1. The molecule has 0 radical (unpaired) electrons. The van der Waals surface area contributed by atoms with Gasteiger partial charge >= 0.3 is 0 Å². The third-order valence-electron chi connectivity index (χ3n) is 5.47. The first-order valence-electron chi connectivity index (χ1n) is 10.6. The number of ether oxygens (including phenoxy) is 1. The third-order valence-corrected chi connectivity index (χ3v) is 6.34. The Hall–Kier alpha value is -4.23. The number of hydrogen-bond donors (Lipinski definition) is 1. The molecule has 1 N–H and O–H groups in total. The number of aryl methyl sites for hydroxylation is 1. The molecule has 0 spiro atoms. The van der Waals surface area contributed by atoms with Crippen LogP contribution in [-0.2, 0) is 4.79 Å². The summed E-state index contributed by atoms with van der Waals surface area (Å²) in [5, 5.41) is 12.7. The number of carbonyl (C=O) groups is 2. The Morgan fingerprint density at radius 2 is 1.74 bits per heavy atom. The van der Waals surface area contributed by atoms with E-state index in [0.717, 1.165) is 0 Å². The van der Waals surface area contributed by atoms with Crippen LogP contribution in [0.1, 0.15) is 27.0 Å². The molecule has 1 aliphatic rings. The summed E-state index contributed by atoms with van der Waals surface area (Å²) < 4.78 is 5.98. The Morgan fingerprint density at radius 3 is 2.47 bits per heavy atom. The van der Waals surface area contributed by atoms with Crippen LogP contribution in [0.5, 0.6) is 11.5 Å². The number of aliphatic hydroxyl groups excluding tert-OH is 1. The normalized spacial score (nSPS) is 15.6. The minimum absolute atomic E-state index is 0.0209. The van der Waals surface area contributed by atoms with Crippen LogP contribution < -0.4 is 9.64 Å². The fourth-order valence-electron chi connectivity index (χ4n) is 3.96. The van der Waals surface area contributed by atoms with Crippen LogP contribution in [-0.4, -0.2) is 21.8 Å². The Kier molecular flexibility index (Phi) is 5.69. The highest BCUT2D eigenvalue weighted by atomic mass is 32.1. The molecule has 7 heteroatoms. The molecule has 0 saturated carbocycles.